The fourth-order valence-electron chi connectivity index (χ4n) is 3.68. The highest BCUT2D eigenvalue weighted by atomic mass is 35.5. The molecular formula is C17H21Cl2N3O3. The highest BCUT2D eigenvalue weighted by Gasteiger charge is 2.34. The molecule has 2 atom stereocenters. The fourth-order valence-corrected chi connectivity index (χ4v) is 4.17. The Kier molecular flexibility index (Phi) is 5.69. The van der Waals surface area contributed by atoms with E-state index in [1.54, 1.807) is 12.3 Å². The summed E-state index contributed by atoms with van der Waals surface area (Å²) in [5.74, 6) is -0.576. The van der Waals surface area contributed by atoms with Crippen LogP contribution in [0.4, 0.5) is 5.82 Å². The molecule has 136 valence electrons. The molecule has 1 saturated carbocycles. The predicted molar refractivity (Wildman–Crippen MR) is 96.1 cm³/mol. The summed E-state index contributed by atoms with van der Waals surface area (Å²) in [5.41, 5.74) is 0. The number of anilines is 1. The monoisotopic (exact) mass is 385 g/mol. The molecule has 1 aliphatic heterocycles. The average Bonchev–Trinajstić information content (AvgIpc) is 2.61. The lowest BCUT2D eigenvalue weighted by molar-refractivity contribution is -0.145. The van der Waals surface area contributed by atoms with Crippen LogP contribution in [0.5, 0.6) is 0 Å². The summed E-state index contributed by atoms with van der Waals surface area (Å²) >= 11 is 12.1. The molecule has 2 heterocycles. The van der Waals surface area contributed by atoms with Crippen LogP contribution >= 0.6 is 23.2 Å². The van der Waals surface area contributed by atoms with Crippen molar-refractivity contribution in [3.8, 4) is 0 Å². The molecule has 1 aliphatic carbocycles. The van der Waals surface area contributed by atoms with E-state index in [2.05, 4.69) is 4.98 Å². The van der Waals surface area contributed by atoms with Crippen LogP contribution in [0.3, 0.4) is 0 Å². The van der Waals surface area contributed by atoms with Gasteiger partial charge < -0.3 is 14.9 Å². The largest absolute Gasteiger partial charge is 0.481 e. The quantitative estimate of drug-likeness (QED) is 0.865. The molecule has 0 bridgehead atoms. The van der Waals surface area contributed by atoms with Gasteiger partial charge in [0.15, 0.2) is 0 Å². The molecule has 25 heavy (non-hydrogen) atoms. The molecule has 1 aromatic rings. The van der Waals surface area contributed by atoms with Gasteiger partial charge in [0.25, 0.3) is 0 Å². The summed E-state index contributed by atoms with van der Waals surface area (Å²) in [5, 5.41) is 10.2. The lowest BCUT2D eigenvalue weighted by Gasteiger charge is -2.38. The van der Waals surface area contributed by atoms with Gasteiger partial charge in [0.2, 0.25) is 5.91 Å². The number of halogens is 2. The molecule has 2 unspecified atom stereocenters. The molecule has 1 saturated heterocycles. The molecule has 0 radical (unpaired) electrons. The number of amides is 1. The van der Waals surface area contributed by atoms with Crippen molar-refractivity contribution >= 4 is 40.9 Å². The second-order valence-corrected chi connectivity index (χ2v) is 7.51. The first-order valence-electron chi connectivity index (χ1n) is 8.53. The molecule has 0 spiro atoms. The number of carbonyl (C=O) groups excluding carboxylic acids is 1. The molecule has 8 heteroatoms. The van der Waals surface area contributed by atoms with Gasteiger partial charge in [-0.05, 0) is 25.3 Å². The van der Waals surface area contributed by atoms with E-state index in [9.17, 15) is 14.7 Å². The number of rotatable bonds is 3. The van der Waals surface area contributed by atoms with E-state index < -0.39 is 5.97 Å². The minimum atomic E-state index is -0.786. The van der Waals surface area contributed by atoms with Crippen molar-refractivity contribution in [3.05, 3.63) is 22.3 Å². The summed E-state index contributed by atoms with van der Waals surface area (Å²) in [6, 6.07) is 1.66. The zero-order valence-corrected chi connectivity index (χ0v) is 15.3. The van der Waals surface area contributed by atoms with Crippen molar-refractivity contribution < 1.29 is 14.7 Å². The first-order valence-corrected chi connectivity index (χ1v) is 9.29. The van der Waals surface area contributed by atoms with Crippen LogP contribution < -0.4 is 4.90 Å². The summed E-state index contributed by atoms with van der Waals surface area (Å²) in [4.78, 5) is 32.1. The van der Waals surface area contributed by atoms with Gasteiger partial charge in [-0.25, -0.2) is 4.98 Å². The van der Waals surface area contributed by atoms with Gasteiger partial charge in [-0.2, -0.15) is 0 Å². The van der Waals surface area contributed by atoms with E-state index in [1.165, 1.54) is 0 Å². The Morgan fingerprint density at radius 3 is 2.44 bits per heavy atom. The van der Waals surface area contributed by atoms with Crippen LogP contribution in [0, 0.1) is 11.8 Å². The third-order valence-corrected chi connectivity index (χ3v) is 5.54. The van der Waals surface area contributed by atoms with E-state index in [-0.39, 0.29) is 17.7 Å². The number of carboxylic acid groups (broad SMARTS) is 1. The topological polar surface area (TPSA) is 73.7 Å². The number of carbonyl (C=O) groups is 2. The standard InChI is InChI=1S/C17H21Cl2N3O3/c18-13-9-14(19)15(20-10-13)21-4-6-22(7-5-21)16(23)11-2-1-3-12(8-11)17(24)25/h9-12H,1-8H2,(H,24,25). The number of hydrogen-bond donors (Lipinski definition) is 1. The second-order valence-electron chi connectivity index (χ2n) is 6.67. The molecule has 6 nitrogen and oxygen atoms in total. The maximum Gasteiger partial charge on any atom is 0.306 e. The Bertz CT molecular complexity index is 663. The Morgan fingerprint density at radius 2 is 1.80 bits per heavy atom. The number of carboxylic acids is 1. The molecule has 1 amide bonds. The van der Waals surface area contributed by atoms with Gasteiger partial charge in [0.1, 0.15) is 5.82 Å². The number of piperazine rings is 1. The number of aromatic nitrogens is 1. The Morgan fingerprint density at radius 1 is 1.12 bits per heavy atom. The van der Waals surface area contributed by atoms with E-state index >= 15 is 0 Å². The van der Waals surface area contributed by atoms with Gasteiger partial charge in [0.05, 0.1) is 16.0 Å². The van der Waals surface area contributed by atoms with Crippen molar-refractivity contribution in [1.29, 1.82) is 0 Å². The van der Waals surface area contributed by atoms with Gasteiger partial charge in [0, 0.05) is 38.3 Å². The number of aliphatic carboxylic acids is 1. The highest BCUT2D eigenvalue weighted by Crippen LogP contribution is 2.31. The summed E-state index contributed by atoms with van der Waals surface area (Å²) in [7, 11) is 0. The molecule has 1 aromatic heterocycles. The van der Waals surface area contributed by atoms with E-state index in [4.69, 9.17) is 23.2 Å². The highest BCUT2D eigenvalue weighted by molar-refractivity contribution is 6.36. The molecule has 2 aliphatic rings. The number of hydrogen-bond acceptors (Lipinski definition) is 4. The van der Waals surface area contributed by atoms with Crippen molar-refractivity contribution in [3.63, 3.8) is 0 Å². The zero-order valence-electron chi connectivity index (χ0n) is 13.8. The number of nitrogens with zero attached hydrogens (tertiary/aromatic N) is 3. The van der Waals surface area contributed by atoms with E-state index in [1.807, 2.05) is 9.80 Å². The van der Waals surface area contributed by atoms with Gasteiger partial charge >= 0.3 is 5.97 Å². The third-order valence-electron chi connectivity index (χ3n) is 5.05. The summed E-state index contributed by atoms with van der Waals surface area (Å²) < 4.78 is 0. The SMILES string of the molecule is O=C(O)C1CCCC(C(=O)N2CCN(c3ncc(Cl)cc3Cl)CC2)C1. The van der Waals surface area contributed by atoms with Crippen molar-refractivity contribution in [1.82, 2.24) is 9.88 Å². The van der Waals surface area contributed by atoms with Crippen LogP contribution in [-0.2, 0) is 9.59 Å². The lowest BCUT2D eigenvalue weighted by atomic mass is 9.80. The zero-order chi connectivity index (χ0) is 18.0. The maximum absolute atomic E-state index is 12.7. The number of pyridine rings is 1. The Labute approximate surface area is 156 Å². The van der Waals surface area contributed by atoms with Crippen LogP contribution in [0.15, 0.2) is 12.3 Å². The first kappa shape index (κ1) is 18.3. The third kappa shape index (κ3) is 4.18. The molecule has 0 aromatic carbocycles. The maximum atomic E-state index is 12.7. The van der Waals surface area contributed by atoms with Crippen LogP contribution in [0.2, 0.25) is 10.0 Å². The molecule has 3 rings (SSSR count). The normalized spacial score (nSPS) is 24.2. The van der Waals surface area contributed by atoms with E-state index in [0.717, 1.165) is 12.8 Å². The summed E-state index contributed by atoms with van der Waals surface area (Å²) in [6.07, 6.45) is 4.28. The smallest absolute Gasteiger partial charge is 0.306 e. The van der Waals surface area contributed by atoms with Gasteiger partial charge in [-0.1, -0.05) is 29.6 Å². The van der Waals surface area contributed by atoms with Crippen LogP contribution in [0.25, 0.3) is 0 Å². The van der Waals surface area contributed by atoms with Crippen LogP contribution in [0.1, 0.15) is 25.7 Å². The van der Waals surface area contributed by atoms with Crippen molar-refractivity contribution in [2.45, 2.75) is 25.7 Å². The van der Waals surface area contributed by atoms with Gasteiger partial charge in [-0.3, -0.25) is 9.59 Å². The predicted octanol–water partition coefficient (Wildman–Crippen LogP) is 2.93. The lowest BCUT2D eigenvalue weighted by Crippen LogP contribution is -2.51. The Hall–Kier alpha value is -1.53. The van der Waals surface area contributed by atoms with E-state index in [0.29, 0.717) is 54.9 Å². The Balaban J connectivity index is 1.58. The summed E-state index contributed by atoms with van der Waals surface area (Å²) in [6.45, 7) is 2.48. The molecule has 1 N–H and O–H groups in total. The molecule has 2 fully saturated rings. The minimum Gasteiger partial charge on any atom is -0.481 e. The van der Waals surface area contributed by atoms with Crippen molar-refractivity contribution in [2.24, 2.45) is 11.8 Å². The first-order chi connectivity index (χ1) is 12.0. The van der Waals surface area contributed by atoms with Gasteiger partial charge in [-0.15, -0.1) is 0 Å². The molecular weight excluding hydrogens is 365 g/mol. The van der Waals surface area contributed by atoms with Crippen molar-refractivity contribution in [2.75, 3.05) is 31.1 Å². The minimum absolute atomic E-state index is 0.0840. The fraction of sp³-hybridized carbons (Fsp3) is 0.588. The average molecular weight is 386 g/mol. The second kappa shape index (κ2) is 7.79. The van der Waals surface area contributed by atoms with Crippen LogP contribution in [-0.4, -0.2) is 53.0 Å².